The second-order valence-corrected chi connectivity index (χ2v) is 16.5. The predicted octanol–water partition coefficient (Wildman–Crippen LogP) is 11.7. The van der Waals surface area contributed by atoms with Gasteiger partial charge in [0.25, 0.3) is 0 Å². The van der Waals surface area contributed by atoms with E-state index in [9.17, 15) is 14.3 Å². The number of esters is 1. The van der Waals surface area contributed by atoms with Crippen LogP contribution in [0.4, 0.5) is 0 Å². The van der Waals surface area contributed by atoms with Gasteiger partial charge < -0.3 is 18.9 Å². The zero-order valence-corrected chi connectivity index (χ0v) is 34.3. The third-order valence-corrected chi connectivity index (χ3v) is 9.72. The topological polar surface area (TPSA) is 91.3 Å². The fourth-order valence-corrected chi connectivity index (χ4v) is 6.22. The number of unbranched alkanes of at least 4 members (excludes halogenated alkanes) is 20. The number of hydrogen-bond acceptors (Lipinski definition) is 6. The molecule has 0 radical (unpaired) electrons. The maximum Gasteiger partial charge on any atom is 0.472 e. The van der Waals surface area contributed by atoms with Crippen LogP contribution in [0.15, 0.2) is 24.3 Å². The molecule has 0 rings (SSSR count). The number of phosphoric acid groups is 1. The molecule has 0 fully saturated rings. The van der Waals surface area contributed by atoms with Crippen LogP contribution in [0, 0.1) is 0 Å². The van der Waals surface area contributed by atoms with Crippen molar-refractivity contribution in [3.63, 3.8) is 0 Å². The van der Waals surface area contributed by atoms with E-state index in [0.717, 1.165) is 44.9 Å². The largest absolute Gasteiger partial charge is 0.472 e. The summed E-state index contributed by atoms with van der Waals surface area (Å²) in [7, 11) is 1.66. The van der Waals surface area contributed by atoms with E-state index >= 15 is 0 Å². The molecule has 296 valence electrons. The Bertz CT molecular complexity index is 858. The Morgan fingerprint density at radius 3 is 1.56 bits per heavy atom. The van der Waals surface area contributed by atoms with Gasteiger partial charge in [-0.1, -0.05) is 128 Å². The van der Waals surface area contributed by atoms with Crippen molar-refractivity contribution in [2.24, 2.45) is 0 Å². The van der Waals surface area contributed by atoms with Gasteiger partial charge in [-0.05, 0) is 64.2 Å². The molecule has 0 bridgehead atoms. The Balaban J connectivity index is 4.27. The number of quaternary nitrogens is 1. The molecule has 50 heavy (non-hydrogen) atoms. The molecule has 0 aliphatic rings. The van der Waals surface area contributed by atoms with Crippen LogP contribution in [0.3, 0.4) is 0 Å². The first-order valence-electron chi connectivity index (χ1n) is 20.6. The second-order valence-electron chi connectivity index (χ2n) is 15.0. The number of rotatable bonds is 38. The normalized spacial score (nSPS) is 14.1. The van der Waals surface area contributed by atoms with Crippen molar-refractivity contribution in [3.8, 4) is 0 Å². The van der Waals surface area contributed by atoms with Crippen LogP contribution in [-0.4, -0.2) is 75.6 Å². The van der Waals surface area contributed by atoms with Crippen LogP contribution in [0.2, 0.25) is 0 Å². The SMILES string of the molecule is CCCCC/C=C\CCCCCCCC(=O)OC(COCCCCCCCC/C=C\CCCCCCCC)COP(=O)(O)OCC[N+](C)(C)C. The third-order valence-electron chi connectivity index (χ3n) is 8.74. The molecule has 1 N–H and O–H groups in total. The summed E-state index contributed by atoms with van der Waals surface area (Å²) in [5, 5.41) is 0. The number of likely N-dealkylation sites (N-methyl/N-ethyl adjacent to an activating group) is 1. The van der Waals surface area contributed by atoms with Crippen LogP contribution in [0.1, 0.15) is 174 Å². The first-order chi connectivity index (χ1) is 24.1. The quantitative estimate of drug-likeness (QED) is 0.0222. The number of hydrogen-bond donors (Lipinski definition) is 1. The number of carbonyl (C=O) groups excluding carboxylic acids is 1. The fourth-order valence-electron chi connectivity index (χ4n) is 5.48. The lowest BCUT2D eigenvalue weighted by Gasteiger charge is -2.24. The molecular formula is C41H81NO7P+. The van der Waals surface area contributed by atoms with E-state index in [1.807, 2.05) is 21.1 Å². The van der Waals surface area contributed by atoms with Gasteiger partial charge in [0.05, 0.1) is 34.4 Å². The molecular weight excluding hydrogens is 649 g/mol. The second kappa shape index (κ2) is 35.0. The summed E-state index contributed by atoms with van der Waals surface area (Å²) in [4.78, 5) is 22.8. The van der Waals surface area contributed by atoms with Gasteiger partial charge in [-0.15, -0.1) is 0 Å². The molecule has 0 aromatic heterocycles. The summed E-state index contributed by atoms with van der Waals surface area (Å²) < 4.78 is 34.9. The first kappa shape index (κ1) is 49.0. The number of nitrogens with zero attached hydrogens (tertiary/aromatic N) is 1. The highest BCUT2D eigenvalue weighted by atomic mass is 31.2. The Kier molecular flexibility index (Phi) is 34.3. The average molecular weight is 731 g/mol. The van der Waals surface area contributed by atoms with Crippen LogP contribution in [-0.2, 0) is 27.9 Å². The summed E-state index contributed by atoms with van der Waals surface area (Å²) in [6.45, 7) is 5.57. The van der Waals surface area contributed by atoms with Gasteiger partial charge in [-0.3, -0.25) is 13.8 Å². The Morgan fingerprint density at radius 1 is 0.600 bits per heavy atom. The fraction of sp³-hybridized carbons (Fsp3) is 0.878. The van der Waals surface area contributed by atoms with E-state index in [2.05, 4.69) is 38.2 Å². The van der Waals surface area contributed by atoms with E-state index in [1.54, 1.807) is 0 Å². The van der Waals surface area contributed by atoms with Gasteiger partial charge in [-0.25, -0.2) is 4.57 Å². The summed E-state index contributed by atoms with van der Waals surface area (Å²) >= 11 is 0. The molecule has 0 amide bonds. The number of carbonyl (C=O) groups is 1. The number of phosphoric ester groups is 1. The van der Waals surface area contributed by atoms with Gasteiger partial charge in [0.15, 0.2) is 0 Å². The van der Waals surface area contributed by atoms with E-state index in [4.69, 9.17) is 18.5 Å². The zero-order valence-electron chi connectivity index (χ0n) is 33.4. The van der Waals surface area contributed by atoms with Crippen LogP contribution in [0.5, 0.6) is 0 Å². The van der Waals surface area contributed by atoms with Gasteiger partial charge in [0.2, 0.25) is 0 Å². The molecule has 0 saturated carbocycles. The van der Waals surface area contributed by atoms with Crippen LogP contribution in [0.25, 0.3) is 0 Å². The predicted molar refractivity (Wildman–Crippen MR) is 210 cm³/mol. The monoisotopic (exact) mass is 731 g/mol. The highest BCUT2D eigenvalue weighted by Crippen LogP contribution is 2.43. The van der Waals surface area contributed by atoms with E-state index in [1.165, 1.54) is 109 Å². The molecule has 9 heteroatoms. The highest BCUT2D eigenvalue weighted by Gasteiger charge is 2.26. The Labute approximate surface area is 309 Å². The van der Waals surface area contributed by atoms with Crippen molar-refractivity contribution in [3.05, 3.63) is 24.3 Å². The lowest BCUT2D eigenvalue weighted by Crippen LogP contribution is -2.37. The first-order valence-corrected chi connectivity index (χ1v) is 22.1. The number of allylic oxidation sites excluding steroid dienone is 4. The van der Waals surface area contributed by atoms with E-state index in [0.29, 0.717) is 24.1 Å². The lowest BCUT2D eigenvalue weighted by atomic mass is 10.1. The summed E-state index contributed by atoms with van der Waals surface area (Å²) in [5.41, 5.74) is 0. The number of ether oxygens (including phenoxy) is 2. The smallest absolute Gasteiger partial charge is 0.457 e. The molecule has 8 nitrogen and oxygen atoms in total. The lowest BCUT2D eigenvalue weighted by molar-refractivity contribution is -0.870. The summed E-state index contributed by atoms with van der Waals surface area (Å²) in [5.74, 6) is -0.326. The maximum atomic E-state index is 12.6. The van der Waals surface area contributed by atoms with Gasteiger partial charge >= 0.3 is 13.8 Å². The van der Waals surface area contributed by atoms with Crippen molar-refractivity contribution in [1.29, 1.82) is 0 Å². The van der Waals surface area contributed by atoms with Crippen molar-refractivity contribution in [2.75, 3.05) is 54.1 Å². The minimum Gasteiger partial charge on any atom is -0.457 e. The molecule has 2 unspecified atom stereocenters. The Morgan fingerprint density at radius 2 is 1.04 bits per heavy atom. The summed E-state index contributed by atoms with van der Waals surface area (Å²) in [6, 6.07) is 0. The highest BCUT2D eigenvalue weighted by molar-refractivity contribution is 7.47. The minimum atomic E-state index is -4.27. The maximum absolute atomic E-state index is 12.6. The minimum absolute atomic E-state index is 0.0867. The van der Waals surface area contributed by atoms with Gasteiger partial charge in [-0.2, -0.15) is 0 Å². The zero-order chi connectivity index (χ0) is 37.0. The van der Waals surface area contributed by atoms with Crippen molar-refractivity contribution < 1.29 is 37.3 Å². The molecule has 0 aromatic rings. The summed E-state index contributed by atoms with van der Waals surface area (Å²) in [6.07, 6.45) is 37.7. The Hall–Kier alpha value is -1.02. The van der Waals surface area contributed by atoms with E-state index < -0.39 is 13.9 Å². The molecule has 2 atom stereocenters. The van der Waals surface area contributed by atoms with E-state index in [-0.39, 0.29) is 25.8 Å². The molecule has 0 spiro atoms. The standard InChI is InChI=1S/C41H80NO7P/c1-6-8-10-12-14-16-18-20-21-22-23-25-27-29-31-33-36-46-38-40(39-48-50(44,45)47-37-35-42(3,4)5)49-41(43)34-32-30-28-26-24-19-17-15-13-11-9-7-2/h15,17,20-21,40H,6-14,16,18-19,22-39H2,1-5H3/p+1/b17-15-,21-20-. The molecule has 0 aliphatic carbocycles. The molecule has 0 aromatic carbocycles. The third kappa shape index (κ3) is 38.2. The molecule has 0 heterocycles. The van der Waals surface area contributed by atoms with Gasteiger partial charge in [0, 0.05) is 13.0 Å². The average Bonchev–Trinajstić information content (AvgIpc) is 3.06. The van der Waals surface area contributed by atoms with Crippen molar-refractivity contribution >= 4 is 13.8 Å². The molecule has 0 aliphatic heterocycles. The van der Waals surface area contributed by atoms with Crippen LogP contribution < -0.4 is 0 Å². The van der Waals surface area contributed by atoms with Crippen LogP contribution >= 0.6 is 7.82 Å². The van der Waals surface area contributed by atoms with Gasteiger partial charge in [0.1, 0.15) is 19.3 Å². The van der Waals surface area contributed by atoms with Crippen molar-refractivity contribution in [1.82, 2.24) is 0 Å². The van der Waals surface area contributed by atoms with Crippen molar-refractivity contribution in [2.45, 2.75) is 180 Å². The molecule has 0 saturated heterocycles.